The van der Waals surface area contributed by atoms with Gasteiger partial charge in [-0.25, -0.2) is 32.2 Å². The fraction of sp³-hybridized carbons (Fsp3) is 0.185. The zero-order chi connectivity index (χ0) is 29.6. The molecule has 212 valence electrons. The Morgan fingerprint density at radius 3 is 2.20 bits per heavy atom. The van der Waals surface area contributed by atoms with Crippen LogP contribution in [0.1, 0.15) is 37.1 Å². The number of fused-ring (bicyclic) bond motifs is 1. The topological polar surface area (TPSA) is 77.6 Å². The molecule has 5 aromatic rings. The van der Waals surface area contributed by atoms with Gasteiger partial charge in [-0.05, 0) is 54.3 Å². The summed E-state index contributed by atoms with van der Waals surface area (Å²) in [5.41, 5.74) is -0.787. The van der Waals surface area contributed by atoms with E-state index in [2.05, 4.69) is 20.4 Å². The van der Waals surface area contributed by atoms with Gasteiger partial charge < -0.3 is 9.88 Å². The maximum atomic E-state index is 14.6. The maximum absolute atomic E-state index is 14.6. The van der Waals surface area contributed by atoms with Crippen molar-refractivity contribution in [3.05, 3.63) is 94.1 Å². The minimum atomic E-state index is -3.06. The second-order valence-corrected chi connectivity index (χ2v) is 9.13. The molecule has 0 amide bonds. The summed E-state index contributed by atoms with van der Waals surface area (Å²) in [5.74, 6) is -3.00. The summed E-state index contributed by atoms with van der Waals surface area (Å²) in [6.45, 7) is -1.50. The van der Waals surface area contributed by atoms with Gasteiger partial charge in [-0.2, -0.15) is 13.2 Å². The average molecular weight is 576 g/mol. The van der Waals surface area contributed by atoms with Crippen LogP contribution >= 0.6 is 0 Å². The number of hydrogen-bond donors (Lipinski definition) is 1. The van der Waals surface area contributed by atoms with E-state index in [1.54, 1.807) is 13.0 Å². The number of hydrogen-bond acceptors (Lipinski definition) is 5. The van der Waals surface area contributed by atoms with E-state index in [0.717, 1.165) is 30.5 Å². The quantitative estimate of drug-likeness (QED) is 0.216. The largest absolute Gasteiger partial charge is 0.378 e. The Kier molecular flexibility index (Phi) is 7.24. The molecule has 2 aromatic carbocycles. The van der Waals surface area contributed by atoms with Gasteiger partial charge in [0.25, 0.3) is 12.0 Å². The van der Waals surface area contributed by atoms with Crippen molar-refractivity contribution in [1.82, 2.24) is 24.3 Å². The highest BCUT2D eigenvalue weighted by molar-refractivity contribution is 5.89. The van der Waals surface area contributed by atoms with E-state index >= 15 is 0 Å². The number of rotatable bonds is 7. The van der Waals surface area contributed by atoms with Crippen molar-refractivity contribution in [2.45, 2.75) is 25.9 Å². The van der Waals surface area contributed by atoms with Crippen molar-refractivity contribution in [3.8, 4) is 22.6 Å². The third kappa shape index (κ3) is 5.24. The van der Waals surface area contributed by atoms with E-state index in [0.29, 0.717) is 11.5 Å². The summed E-state index contributed by atoms with van der Waals surface area (Å²) in [6.07, 6.45) is 0.280. The van der Waals surface area contributed by atoms with Crippen molar-refractivity contribution in [2.75, 3.05) is 5.32 Å². The minimum absolute atomic E-state index is 0.00659. The summed E-state index contributed by atoms with van der Waals surface area (Å²) >= 11 is 0. The number of alkyl halides is 4. The summed E-state index contributed by atoms with van der Waals surface area (Å²) in [7, 11) is 1.43. The van der Waals surface area contributed by atoms with E-state index in [1.165, 1.54) is 24.0 Å². The monoisotopic (exact) mass is 576 g/mol. The third-order valence-corrected chi connectivity index (χ3v) is 6.52. The maximum Gasteiger partial charge on any atom is 0.333 e. The van der Waals surface area contributed by atoms with E-state index < -0.39 is 47.7 Å². The first-order valence-electron chi connectivity index (χ1n) is 12.0. The van der Waals surface area contributed by atoms with Gasteiger partial charge in [0.1, 0.15) is 11.6 Å². The highest BCUT2D eigenvalue weighted by atomic mass is 19.3. The average Bonchev–Trinajstić information content (AvgIpc) is 3.33. The third-order valence-electron chi connectivity index (χ3n) is 6.52. The van der Waals surface area contributed by atoms with Crippen LogP contribution in [0.4, 0.5) is 36.4 Å². The van der Waals surface area contributed by atoms with Crippen LogP contribution in [0.2, 0.25) is 0 Å². The number of halogens is 7. The predicted octanol–water partition coefficient (Wildman–Crippen LogP) is 6.78. The molecule has 5 rings (SSSR count). The van der Waals surface area contributed by atoms with E-state index in [4.69, 9.17) is 0 Å². The van der Waals surface area contributed by atoms with Gasteiger partial charge in [0, 0.05) is 48.5 Å². The smallest absolute Gasteiger partial charge is 0.333 e. The van der Waals surface area contributed by atoms with Gasteiger partial charge in [-0.3, -0.25) is 4.79 Å². The lowest BCUT2D eigenvalue weighted by Gasteiger charge is -2.21. The Balaban J connectivity index is 1.58. The molecule has 3 heterocycles. The SMILES string of the molecule is C[C@@H](Nc1ccc(F)cc1C(F)F)c1cc(F)cc2c(=O)n(C)c(-c3cnc(-c4cn(C(F)F)nc4F)nc3)cc12. The predicted molar refractivity (Wildman–Crippen MR) is 136 cm³/mol. The summed E-state index contributed by atoms with van der Waals surface area (Å²) in [4.78, 5) is 21.3. The molecule has 0 saturated heterocycles. The summed E-state index contributed by atoms with van der Waals surface area (Å²) in [6, 6.07) is 5.78. The Morgan fingerprint density at radius 1 is 0.878 bits per heavy atom. The molecule has 3 aromatic heterocycles. The van der Waals surface area contributed by atoms with Crippen molar-refractivity contribution >= 4 is 16.5 Å². The molecule has 0 unspecified atom stereocenters. The lowest BCUT2D eigenvalue weighted by atomic mass is 9.98. The van der Waals surface area contributed by atoms with Crippen molar-refractivity contribution in [1.29, 1.82) is 0 Å². The Morgan fingerprint density at radius 2 is 1.56 bits per heavy atom. The molecule has 0 aliphatic carbocycles. The van der Waals surface area contributed by atoms with Gasteiger partial charge in [-0.1, -0.05) is 0 Å². The van der Waals surface area contributed by atoms with Crippen LogP contribution in [0.15, 0.2) is 59.8 Å². The van der Waals surface area contributed by atoms with Crippen LogP contribution in [0, 0.1) is 17.6 Å². The number of benzene rings is 2. The zero-order valence-corrected chi connectivity index (χ0v) is 21.2. The lowest BCUT2D eigenvalue weighted by Crippen LogP contribution is -2.20. The summed E-state index contributed by atoms with van der Waals surface area (Å²) < 4.78 is 96.4. The highest BCUT2D eigenvalue weighted by Gasteiger charge is 2.21. The molecule has 0 spiro atoms. The standard InChI is InChI=1S/C27H19F7N6O/c1-12(37-21-4-3-14(28)5-19(21)23(30)31)16-6-15(29)7-18-17(16)8-22(39(2)26(18)41)13-9-35-25(36-10-13)20-11-40(27(33)34)38-24(20)32/h3-12,23,27,37H,1-2H3/t12-/m1/s1. The van der Waals surface area contributed by atoms with Crippen molar-refractivity contribution < 1.29 is 30.7 Å². The molecule has 41 heavy (non-hydrogen) atoms. The van der Waals surface area contributed by atoms with Gasteiger partial charge in [0.15, 0.2) is 5.82 Å². The second-order valence-electron chi connectivity index (χ2n) is 9.13. The first kappa shape index (κ1) is 27.8. The zero-order valence-electron chi connectivity index (χ0n) is 21.2. The Bertz CT molecular complexity index is 1820. The Labute approximate surface area is 226 Å². The molecule has 14 heteroatoms. The van der Waals surface area contributed by atoms with Gasteiger partial charge in [-0.15, -0.1) is 5.10 Å². The molecule has 0 aliphatic heterocycles. The number of pyridine rings is 1. The minimum Gasteiger partial charge on any atom is -0.378 e. The molecule has 0 aliphatic rings. The van der Waals surface area contributed by atoms with Crippen LogP contribution in [-0.4, -0.2) is 24.3 Å². The van der Waals surface area contributed by atoms with Crippen LogP contribution in [0.5, 0.6) is 0 Å². The van der Waals surface area contributed by atoms with Crippen LogP contribution in [0.3, 0.4) is 0 Å². The van der Waals surface area contributed by atoms with Crippen LogP contribution < -0.4 is 10.9 Å². The van der Waals surface area contributed by atoms with E-state index in [1.807, 2.05) is 0 Å². The number of aromatic nitrogens is 5. The first-order valence-corrected chi connectivity index (χ1v) is 12.0. The second kappa shape index (κ2) is 10.7. The lowest BCUT2D eigenvalue weighted by molar-refractivity contribution is 0.0548. The fourth-order valence-electron chi connectivity index (χ4n) is 4.51. The van der Waals surface area contributed by atoms with Crippen molar-refractivity contribution in [2.24, 2.45) is 7.05 Å². The molecule has 0 saturated carbocycles. The van der Waals surface area contributed by atoms with Gasteiger partial charge in [0.2, 0.25) is 5.95 Å². The first-order chi connectivity index (χ1) is 19.4. The molecule has 0 bridgehead atoms. The number of anilines is 1. The molecule has 1 atom stereocenters. The van der Waals surface area contributed by atoms with Crippen LogP contribution in [-0.2, 0) is 7.05 Å². The normalized spacial score (nSPS) is 12.5. The molecule has 0 radical (unpaired) electrons. The molecule has 0 fully saturated rings. The number of nitrogens with one attached hydrogen (secondary N) is 1. The molecular weight excluding hydrogens is 557 g/mol. The summed E-state index contributed by atoms with van der Waals surface area (Å²) in [5, 5.41) is 6.23. The molecular formula is C27H19F7N6O. The van der Waals surface area contributed by atoms with E-state index in [-0.39, 0.29) is 44.0 Å². The van der Waals surface area contributed by atoms with E-state index in [9.17, 15) is 35.5 Å². The number of nitrogens with zero attached hydrogens (tertiary/aromatic N) is 5. The van der Waals surface area contributed by atoms with Gasteiger partial charge in [0.05, 0.1) is 16.6 Å². The highest BCUT2D eigenvalue weighted by Crippen LogP contribution is 2.34. The Hall–Kier alpha value is -4.75. The fourth-order valence-corrected chi connectivity index (χ4v) is 4.51. The van der Waals surface area contributed by atoms with Crippen molar-refractivity contribution in [3.63, 3.8) is 0 Å². The van der Waals surface area contributed by atoms with Crippen LogP contribution in [0.25, 0.3) is 33.4 Å². The molecule has 1 N–H and O–H groups in total. The molecule has 7 nitrogen and oxygen atoms in total. The van der Waals surface area contributed by atoms with Gasteiger partial charge >= 0.3 is 6.55 Å².